The van der Waals surface area contributed by atoms with Gasteiger partial charge >= 0.3 is 5.97 Å². The van der Waals surface area contributed by atoms with Crippen molar-refractivity contribution >= 4 is 29.7 Å². The third-order valence-electron chi connectivity index (χ3n) is 5.26. The van der Waals surface area contributed by atoms with Crippen molar-refractivity contribution in [2.24, 2.45) is 28.1 Å². The molecule has 0 saturated carbocycles. The van der Waals surface area contributed by atoms with Gasteiger partial charge in [-0.3, -0.25) is 19.4 Å². The van der Waals surface area contributed by atoms with Crippen LogP contribution in [0.4, 0.5) is 0 Å². The van der Waals surface area contributed by atoms with Crippen molar-refractivity contribution in [3.05, 3.63) is 35.9 Å². The Bertz CT molecular complexity index is 905. The van der Waals surface area contributed by atoms with Crippen LogP contribution in [0.5, 0.6) is 0 Å². The molecule has 0 aliphatic rings. The number of carboxylic acids is 1. The lowest BCUT2D eigenvalue weighted by Gasteiger charge is -2.26. The molecule has 4 unspecified atom stereocenters. The standard InChI is InChI=1S/C23H37N7O6/c1-13(2)18(30-19(32)15(24)9-6-10-27-23(25)26)21(34)29-17(12-31)20(33)28-16(22(35)36)11-14-7-4-3-5-8-14/h3-5,7-8,13,15-18,31H,6,9-12,24H2,1-2H3,(H,28,33)(H,29,34)(H,30,32)(H,35,36)(H4,25,26,27). The number of carboxylic acid groups (broad SMARTS) is 1. The molecular formula is C23H37N7O6. The molecule has 200 valence electrons. The number of carbonyl (C=O) groups excluding carboxylic acids is 3. The number of hydrogen-bond donors (Lipinski definition) is 8. The summed E-state index contributed by atoms with van der Waals surface area (Å²) in [5, 5.41) is 26.4. The first-order valence-electron chi connectivity index (χ1n) is 11.6. The molecule has 0 fully saturated rings. The zero-order valence-corrected chi connectivity index (χ0v) is 20.5. The van der Waals surface area contributed by atoms with Crippen LogP contribution in [0, 0.1) is 5.92 Å². The Morgan fingerprint density at radius 3 is 2.08 bits per heavy atom. The molecular weight excluding hydrogens is 470 g/mol. The summed E-state index contributed by atoms with van der Waals surface area (Å²) in [4.78, 5) is 53.4. The van der Waals surface area contributed by atoms with E-state index in [0.29, 0.717) is 18.5 Å². The van der Waals surface area contributed by atoms with Crippen LogP contribution in [0.2, 0.25) is 0 Å². The summed E-state index contributed by atoms with van der Waals surface area (Å²) in [7, 11) is 0. The third-order valence-corrected chi connectivity index (χ3v) is 5.26. The molecule has 0 spiro atoms. The fraction of sp³-hybridized carbons (Fsp3) is 0.522. The molecule has 0 aromatic heterocycles. The number of aliphatic hydroxyl groups is 1. The smallest absolute Gasteiger partial charge is 0.326 e. The quantitative estimate of drug-likeness (QED) is 0.0729. The van der Waals surface area contributed by atoms with E-state index in [1.807, 2.05) is 0 Å². The van der Waals surface area contributed by atoms with E-state index in [2.05, 4.69) is 20.9 Å². The van der Waals surface area contributed by atoms with Crippen molar-refractivity contribution in [2.75, 3.05) is 13.2 Å². The molecule has 1 aromatic carbocycles. The van der Waals surface area contributed by atoms with Crippen LogP contribution in [0.1, 0.15) is 32.3 Å². The highest BCUT2D eigenvalue weighted by Crippen LogP contribution is 2.06. The number of guanidine groups is 1. The van der Waals surface area contributed by atoms with E-state index in [-0.39, 0.29) is 24.7 Å². The monoisotopic (exact) mass is 507 g/mol. The molecule has 0 aliphatic heterocycles. The number of nitrogens with two attached hydrogens (primary N) is 3. The van der Waals surface area contributed by atoms with Crippen LogP contribution in [-0.2, 0) is 25.6 Å². The molecule has 11 N–H and O–H groups in total. The van der Waals surface area contributed by atoms with E-state index in [4.69, 9.17) is 17.2 Å². The van der Waals surface area contributed by atoms with E-state index < -0.39 is 54.5 Å². The van der Waals surface area contributed by atoms with Crippen LogP contribution in [0.25, 0.3) is 0 Å². The van der Waals surface area contributed by atoms with Crippen LogP contribution >= 0.6 is 0 Å². The lowest BCUT2D eigenvalue weighted by Crippen LogP contribution is -2.59. The average molecular weight is 508 g/mol. The van der Waals surface area contributed by atoms with Gasteiger partial charge in [0.15, 0.2) is 5.96 Å². The Hall–Kier alpha value is -3.71. The van der Waals surface area contributed by atoms with Gasteiger partial charge in [0.05, 0.1) is 12.6 Å². The number of rotatable bonds is 15. The first-order chi connectivity index (χ1) is 17.0. The molecule has 3 amide bonds. The Balaban J connectivity index is 2.76. The SMILES string of the molecule is CC(C)C(NC(=O)C(N)CCCN=C(N)N)C(=O)NC(CO)C(=O)NC(Cc1ccccc1)C(=O)O. The number of benzene rings is 1. The molecule has 0 aliphatic carbocycles. The maximum Gasteiger partial charge on any atom is 0.326 e. The number of hydrogen-bond acceptors (Lipinski definition) is 7. The predicted octanol–water partition coefficient (Wildman–Crippen LogP) is -2.20. The van der Waals surface area contributed by atoms with Gasteiger partial charge in [0.1, 0.15) is 18.1 Å². The van der Waals surface area contributed by atoms with E-state index >= 15 is 0 Å². The second-order valence-corrected chi connectivity index (χ2v) is 8.62. The summed E-state index contributed by atoms with van der Waals surface area (Å²) in [5.41, 5.74) is 17.1. The molecule has 13 heteroatoms. The fourth-order valence-corrected chi connectivity index (χ4v) is 3.22. The first-order valence-corrected chi connectivity index (χ1v) is 11.6. The van der Waals surface area contributed by atoms with Gasteiger partial charge in [-0.2, -0.15) is 0 Å². The lowest BCUT2D eigenvalue weighted by atomic mass is 10.0. The Morgan fingerprint density at radius 2 is 1.56 bits per heavy atom. The van der Waals surface area contributed by atoms with E-state index in [1.165, 1.54) is 0 Å². The minimum atomic E-state index is -1.43. The molecule has 0 radical (unpaired) electrons. The van der Waals surface area contributed by atoms with Crippen molar-refractivity contribution in [1.29, 1.82) is 0 Å². The van der Waals surface area contributed by atoms with Gasteiger partial charge in [-0.1, -0.05) is 44.2 Å². The fourth-order valence-electron chi connectivity index (χ4n) is 3.22. The minimum absolute atomic E-state index is 0.0136. The van der Waals surface area contributed by atoms with Crippen molar-refractivity contribution in [3.8, 4) is 0 Å². The lowest BCUT2D eigenvalue weighted by molar-refractivity contribution is -0.142. The third kappa shape index (κ3) is 10.7. The second kappa shape index (κ2) is 15.3. The Labute approximate surface area is 209 Å². The average Bonchev–Trinajstić information content (AvgIpc) is 2.82. The van der Waals surface area contributed by atoms with E-state index in [0.717, 1.165) is 0 Å². The van der Waals surface area contributed by atoms with Crippen LogP contribution in [0.15, 0.2) is 35.3 Å². The maximum atomic E-state index is 12.8. The minimum Gasteiger partial charge on any atom is -0.480 e. The topological polar surface area (TPSA) is 235 Å². The normalized spacial score (nSPS) is 14.1. The van der Waals surface area contributed by atoms with Gasteiger partial charge in [-0.25, -0.2) is 4.79 Å². The number of aliphatic carboxylic acids is 1. The summed E-state index contributed by atoms with van der Waals surface area (Å²) in [6.07, 6.45) is 0.736. The van der Waals surface area contributed by atoms with E-state index in [1.54, 1.807) is 44.2 Å². The zero-order valence-electron chi connectivity index (χ0n) is 20.5. The Morgan fingerprint density at radius 1 is 0.944 bits per heavy atom. The molecule has 0 saturated heterocycles. The predicted molar refractivity (Wildman–Crippen MR) is 133 cm³/mol. The molecule has 0 heterocycles. The molecule has 4 atom stereocenters. The first kappa shape index (κ1) is 30.3. The van der Waals surface area contributed by atoms with Crippen molar-refractivity contribution < 1.29 is 29.4 Å². The number of nitrogens with one attached hydrogen (secondary N) is 3. The number of amides is 3. The molecule has 1 rings (SSSR count). The summed E-state index contributed by atoms with van der Waals surface area (Å²) in [5.74, 6) is -3.89. The van der Waals surface area contributed by atoms with Gasteiger partial charge in [0, 0.05) is 13.0 Å². The summed E-state index contributed by atoms with van der Waals surface area (Å²) in [6.45, 7) is 2.89. The van der Waals surface area contributed by atoms with Crippen molar-refractivity contribution in [3.63, 3.8) is 0 Å². The number of carbonyl (C=O) groups is 4. The number of nitrogens with zero attached hydrogens (tertiary/aromatic N) is 1. The van der Waals surface area contributed by atoms with Crippen LogP contribution < -0.4 is 33.2 Å². The van der Waals surface area contributed by atoms with Crippen LogP contribution in [-0.4, -0.2) is 77.2 Å². The highest BCUT2D eigenvalue weighted by atomic mass is 16.4. The van der Waals surface area contributed by atoms with E-state index in [9.17, 15) is 29.4 Å². The van der Waals surface area contributed by atoms with Gasteiger partial charge in [0.25, 0.3) is 0 Å². The van der Waals surface area contributed by atoms with Gasteiger partial charge < -0.3 is 43.4 Å². The Kier molecular flexibility index (Phi) is 12.9. The molecule has 13 nitrogen and oxygen atoms in total. The van der Waals surface area contributed by atoms with Gasteiger partial charge in [-0.05, 0) is 24.3 Å². The van der Waals surface area contributed by atoms with Crippen molar-refractivity contribution in [1.82, 2.24) is 16.0 Å². The molecule has 0 bridgehead atoms. The zero-order chi connectivity index (χ0) is 27.3. The largest absolute Gasteiger partial charge is 0.480 e. The van der Waals surface area contributed by atoms with Gasteiger partial charge in [-0.15, -0.1) is 0 Å². The second-order valence-electron chi connectivity index (χ2n) is 8.62. The highest BCUT2D eigenvalue weighted by molar-refractivity contribution is 5.94. The molecule has 36 heavy (non-hydrogen) atoms. The maximum absolute atomic E-state index is 12.8. The highest BCUT2D eigenvalue weighted by Gasteiger charge is 2.31. The van der Waals surface area contributed by atoms with Crippen molar-refractivity contribution in [2.45, 2.75) is 57.3 Å². The molecule has 1 aromatic rings. The number of aliphatic imine (C=N–C) groups is 1. The van der Waals surface area contributed by atoms with Crippen LogP contribution in [0.3, 0.4) is 0 Å². The van der Waals surface area contributed by atoms with Gasteiger partial charge in [0.2, 0.25) is 17.7 Å². The summed E-state index contributed by atoms with van der Waals surface area (Å²) >= 11 is 0. The summed E-state index contributed by atoms with van der Waals surface area (Å²) < 4.78 is 0. The summed E-state index contributed by atoms with van der Waals surface area (Å²) in [6, 6.07) is 4.02. The number of aliphatic hydroxyl groups excluding tert-OH is 1.